The van der Waals surface area contributed by atoms with E-state index in [1.165, 1.54) is 230 Å². The van der Waals surface area contributed by atoms with Crippen LogP contribution in [0.25, 0.3) is 290 Å². The van der Waals surface area contributed by atoms with Crippen LogP contribution in [0.2, 0.25) is 0 Å². The molecular formula is C141H89NO3. The molecule has 0 saturated carbocycles. The van der Waals surface area contributed by atoms with Crippen LogP contribution in [-0.2, 0) is 5.41 Å². The topological polar surface area (TPSA) is 44.4 Å². The summed E-state index contributed by atoms with van der Waals surface area (Å²) >= 11 is 0. The minimum atomic E-state index is -0.162. The number of rotatable bonds is 9. The zero-order valence-electron chi connectivity index (χ0n) is 79.6. The highest BCUT2D eigenvalue weighted by atomic mass is 16.3. The van der Waals surface area contributed by atoms with E-state index in [9.17, 15) is 0 Å². The molecular weight excluding hydrogens is 1760 g/mol. The van der Waals surface area contributed by atoms with Crippen molar-refractivity contribution in [1.82, 2.24) is 4.57 Å². The lowest BCUT2D eigenvalue weighted by molar-refractivity contribution is 0.653. The second-order valence-corrected chi connectivity index (χ2v) is 39.3. The van der Waals surface area contributed by atoms with Gasteiger partial charge in [0.2, 0.25) is 0 Å². The van der Waals surface area contributed by atoms with Crippen molar-refractivity contribution in [3.63, 3.8) is 0 Å². The number of aromatic nitrogens is 1. The van der Waals surface area contributed by atoms with Crippen LogP contribution >= 0.6 is 0 Å². The van der Waals surface area contributed by atoms with Gasteiger partial charge in [0, 0.05) is 65.3 Å². The fourth-order valence-electron chi connectivity index (χ4n) is 24.5. The molecule has 31 rings (SSSR count). The van der Waals surface area contributed by atoms with Crippen molar-refractivity contribution in [2.24, 2.45) is 0 Å². The van der Waals surface area contributed by atoms with Gasteiger partial charge in [-0.2, -0.15) is 0 Å². The Morgan fingerprint density at radius 2 is 0.497 bits per heavy atom. The lowest BCUT2D eigenvalue weighted by Gasteiger charge is -2.23. The number of hydrogen-bond donors (Lipinski definition) is 0. The molecule has 4 heteroatoms. The van der Waals surface area contributed by atoms with Gasteiger partial charge in [0.15, 0.2) is 0 Å². The highest BCUT2D eigenvalue weighted by molar-refractivity contribution is 6.30. The Morgan fingerprint density at radius 3 is 0.993 bits per heavy atom. The van der Waals surface area contributed by atoms with Crippen LogP contribution < -0.4 is 0 Å². The predicted molar refractivity (Wildman–Crippen MR) is 614 cm³/mol. The van der Waals surface area contributed by atoms with E-state index in [4.69, 9.17) is 13.3 Å². The molecule has 1 aliphatic rings. The highest BCUT2D eigenvalue weighted by Gasteiger charge is 2.40. The maximum Gasteiger partial charge on any atom is 0.144 e. The summed E-state index contributed by atoms with van der Waals surface area (Å²) in [4.78, 5) is 0. The molecule has 4 aromatic heterocycles. The summed E-state index contributed by atoms with van der Waals surface area (Å²) in [6, 6.07) is 183. The van der Waals surface area contributed by atoms with Gasteiger partial charge < -0.3 is 17.8 Å². The van der Waals surface area contributed by atoms with E-state index < -0.39 is 0 Å². The summed E-state index contributed by atoms with van der Waals surface area (Å²) in [5.41, 5.74) is 33.6. The molecule has 1 aliphatic carbocycles. The molecule has 0 amide bonds. The van der Waals surface area contributed by atoms with Crippen LogP contribution in [0.4, 0.5) is 0 Å². The number of nitrogens with zero attached hydrogens (tertiary/aromatic N) is 1. The van der Waals surface area contributed by atoms with Gasteiger partial charge in [0.1, 0.15) is 33.5 Å². The van der Waals surface area contributed by atoms with Gasteiger partial charge in [-0.1, -0.05) is 426 Å². The molecule has 0 saturated heterocycles. The van der Waals surface area contributed by atoms with Crippen molar-refractivity contribution in [3.05, 3.63) is 515 Å². The molecule has 26 aromatic carbocycles. The van der Waals surface area contributed by atoms with E-state index in [1.807, 2.05) is 0 Å². The van der Waals surface area contributed by atoms with E-state index in [0.717, 1.165) is 71.7 Å². The standard InChI is InChI=1S/C54H33NO.C45H30O.C42H26O/c1-2-16-38(17-3-1)55-48-26-11-10-22-46(48)53-43(23-13-27-49(53)55)44-24-12-25-45-47-33-37(30-31-50(47)56-54(44)45)52-41-20-8-6-18-39(41)51(40-19-7-9-21-42(40)52)36-29-28-34-14-4-5-15-35(34)32-36;1-45(2)37-21-11-9-19-34(37)43-38(45)26-36(42-35-20-10-12-22-39(35)46-44(42)43)41-32-17-7-5-15-30(32)40(31-16-6-8-18-33(31)41)29-24-23-27-13-3-4-14-28(27)25-29;1-2-10-27(11-3-1)30-20-22-39-37(25-30)38-26-32(21-23-40(38)43-39)42-35-16-8-6-14-33(35)41(34-15-7-9-17-36(34)42)31-19-18-28-12-4-5-13-29(28)24-31/h1-33H;3-26H,1-2H3;1-26H. The molecule has 0 unspecified atom stereocenters. The van der Waals surface area contributed by atoms with Crippen molar-refractivity contribution in [3.8, 4) is 106 Å². The van der Waals surface area contributed by atoms with Crippen LogP contribution in [-0.4, -0.2) is 4.57 Å². The number of furan rings is 3. The average Bonchev–Trinajstić information content (AvgIpc) is 1.54. The smallest absolute Gasteiger partial charge is 0.144 e. The maximum atomic E-state index is 6.87. The van der Waals surface area contributed by atoms with Crippen LogP contribution in [0.15, 0.2) is 517 Å². The summed E-state index contributed by atoms with van der Waals surface area (Å²) in [6.45, 7) is 4.71. The van der Waals surface area contributed by atoms with Crippen molar-refractivity contribution < 1.29 is 13.3 Å². The Bertz CT molecular complexity index is 10500. The van der Waals surface area contributed by atoms with Crippen LogP contribution in [0.3, 0.4) is 0 Å². The van der Waals surface area contributed by atoms with Gasteiger partial charge in [-0.15, -0.1) is 0 Å². The Kier molecular flexibility index (Phi) is 19.1. The van der Waals surface area contributed by atoms with Crippen molar-refractivity contribution in [2.45, 2.75) is 19.3 Å². The molecule has 0 atom stereocenters. The first-order valence-electron chi connectivity index (χ1n) is 50.1. The van der Waals surface area contributed by atoms with Crippen molar-refractivity contribution in [1.29, 1.82) is 0 Å². The van der Waals surface area contributed by atoms with Gasteiger partial charge in [0.25, 0.3) is 0 Å². The summed E-state index contributed by atoms with van der Waals surface area (Å²) < 4.78 is 22.4. The van der Waals surface area contributed by atoms with Gasteiger partial charge in [-0.25, -0.2) is 0 Å². The minimum absolute atomic E-state index is 0.162. The summed E-state index contributed by atoms with van der Waals surface area (Å²) in [7, 11) is 0. The maximum absolute atomic E-state index is 6.87. The van der Waals surface area contributed by atoms with Crippen LogP contribution in [0.5, 0.6) is 0 Å². The third-order valence-electron chi connectivity index (χ3n) is 31.0. The van der Waals surface area contributed by atoms with Gasteiger partial charge in [0.05, 0.1) is 11.0 Å². The molecule has 0 fully saturated rings. The fourth-order valence-corrected chi connectivity index (χ4v) is 24.5. The Balaban J connectivity index is 0.000000104. The third-order valence-corrected chi connectivity index (χ3v) is 31.0. The Morgan fingerprint density at radius 1 is 0.166 bits per heavy atom. The summed E-state index contributed by atoms with van der Waals surface area (Å²) in [5, 5.41) is 31.9. The summed E-state index contributed by atoms with van der Waals surface area (Å²) in [6.07, 6.45) is 0. The van der Waals surface area contributed by atoms with E-state index in [-0.39, 0.29) is 5.41 Å². The lowest BCUT2D eigenvalue weighted by Crippen LogP contribution is -2.15. The molecule has 0 N–H and O–H groups in total. The first kappa shape index (κ1) is 83.2. The van der Waals surface area contributed by atoms with E-state index in [0.29, 0.717) is 0 Å². The SMILES string of the molecule is CC1(C)c2ccccc2-c2c1cc(-c1c3ccccc3c(-c3ccc4ccccc4c3)c3ccccc13)c1c2oc2ccccc21.c1ccc(-c2ccc3oc4ccc(-c5c6ccccc6c(-c6ccc7ccccc7c6)c6ccccc56)cc4c3c2)cc1.c1ccc(-n2c3ccccc3c3c(-c4cccc5c4oc4ccc(-c6c7ccccc7c(-c7ccc8ccccc8c7)c7ccccc67)cc45)cccc32)cc1. The normalized spacial score (nSPS) is 12.4. The number of hydrogen-bond acceptors (Lipinski definition) is 3. The van der Waals surface area contributed by atoms with Gasteiger partial charge in [-0.3, -0.25) is 0 Å². The minimum Gasteiger partial charge on any atom is -0.456 e. The largest absolute Gasteiger partial charge is 0.456 e. The van der Waals surface area contributed by atoms with Crippen LogP contribution in [0, 0.1) is 0 Å². The van der Waals surface area contributed by atoms with E-state index >= 15 is 0 Å². The molecule has 676 valence electrons. The molecule has 4 heterocycles. The van der Waals surface area contributed by atoms with Crippen molar-refractivity contribution in [2.75, 3.05) is 0 Å². The first-order valence-corrected chi connectivity index (χ1v) is 50.1. The molecule has 145 heavy (non-hydrogen) atoms. The Hall–Kier alpha value is -18.7. The monoisotopic (exact) mass is 1840 g/mol. The van der Waals surface area contributed by atoms with Gasteiger partial charge >= 0.3 is 0 Å². The first-order chi connectivity index (χ1) is 71.7. The molecule has 0 bridgehead atoms. The molecule has 0 radical (unpaired) electrons. The van der Waals surface area contributed by atoms with Crippen molar-refractivity contribution >= 4 is 185 Å². The average molecular weight is 1850 g/mol. The second-order valence-electron chi connectivity index (χ2n) is 39.3. The lowest BCUT2D eigenvalue weighted by atomic mass is 9.79. The summed E-state index contributed by atoms with van der Waals surface area (Å²) in [5.74, 6) is 0. The molecule has 0 spiro atoms. The molecule has 0 aliphatic heterocycles. The molecule has 4 nitrogen and oxygen atoms in total. The highest BCUT2D eigenvalue weighted by Crippen LogP contribution is 2.58. The number of para-hydroxylation sites is 4. The Labute approximate surface area is 836 Å². The second kappa shape index (κ2) is 33.2. The van der Waals surface area contributed by atoms with E-state index in [2.05, 4.69) is 522 Å². The van der Waals surface area contributed by atoms with Crippen LogP contribution in [0.1, 0.15) is 25.0 Å². The number of benzene rings is 26. The third kappa shape index (κ3) is 13.2. The fraction of sp³-hybridized carbons (Fsp3) is 0.0213. The van der Waals surface area contributed by atoms with E-state index in [1.54, 1.807) is 0 Å². The molecule has 30 aromatic rings. The zero-order valence-corrected chi connectivity index (χ0v) is 79.6. The van der Waals surface area contributed by atoms with Gasteiger partial charge in [-0.05, 0) is 288 Å². The quantitative estimate of drug-likeness (QED) is 0.135. The number of fused-ring (bicyclic) bond motifs is 25. The predicted octanol–water partition coefficient (Wildman–Crippen LogP) is 39.9. The zero-order chi connectivity index (χ0) is 95.6.